The number of rotatable bonds is 10. The number of hydrogen-bond donors (Lipinski definition) is 2. The largest absolute Gasteiger partial charge is 0.493 e. The molecule has 12 heteroatoms. The van der Waals surface area contributed by atoms with Crippen LogP contribution in [0, 0.1) is 18.7 Å². The summed E-state index contributed by atoms with van der Waals surface area (Å²) in [6.07, 6.45) is 6.25. The quantitative estimate of drug-likeness (QED) is 0.142. The Balaban J connectivity index is 1.30. The first kappa shape index (κ1) is 34.2. The lowest BCUT2D eigenvalue weighted by atomic mass is 9.88. The van der Waals surface area contributed by atoms with Gasteiger partial charge in [0.1, 0.15) is 5.82 Å². The van der Waals surface area contributed by atoms with Gasteiger partial charge in [0.25, 0.3) is 5.91 Å². The number of pyridine rings is 2. The number of carbonyl (C=O) groups excluding carboxylic acids is 1. The van der Waals surface area contributed by atoms with Crippen molar-refractivity contribution in [1.29, 1.82) is 0 Å². The molecule has 9 nitrogen and oxygen atoms in total. The van der Waals surface area contributed by atoms with Gasteiger partial charge >= 0.3 is 0 Å². The number of amides is 1. The first-order valence-electron chi connectivity index (χ1n) is 17.5. The highest BCUT2D eigenvalue weighted by Crippen LogP contribution is 2.47. The second-order valence-corrected chi connectivity index (χ2v) is 15.6. The molecular formula is C40H38ClFN6O3S. The third-order valence-corrected chi connectivity index (χ3v) is 11.6. The maximum absolute atomic E-state index is 14.5. The van der Waals surface area contributed by atoms with Crippen molar-refractivity contribution in [1.82, 2.24) is 20.2 Å². The van der Waals surface area contributed by atoms with Crippen molar-refractivity contribution in [3.05, 3.63) is 105 Å². The maximum Gasteiger partial charge on any atom is 0.251 e. The molecule has 6 aromatic rings. The minimum atomic E-state index is -0.569. The van der Waals surface area contributed by atoms with Crippen LogP contribution in [0.5, 0.6) is 5.75 Å². The lowest BCUT2D eigenvalue weighted by Gasteiger charge is -2.21. The lowest BCUT2D eigenvalue weighted by molar-refractivity contribution is 0.0999. The van der Waals surface area contributed by atoms with E-state index in [1.165, 1.54) is 35.6 Å². The second-order valence-electron chi connectivity index (χ2n) is 14.1. The molecule has 2 aromatic carbocycles. The van der Waals surface area contributed by atoms with Gasteiger partial charge in [-0.3, -0.25) is 9.78 Å². The SMILES string of the molecule is COc1c(F)ccc2c1CC[C@@H]2Nc1nccc2cc(-c3c(C(N)=O)c(CC(C)C)nc(C[C@H]4CCc5cc(Cl)ccc54)c3-c3nnc(C)o3)sc12. The van der Waals surface area contributed by atoms with Gasteiger partial charge < -0.3 is 20.2 Å². The summed E-state index contributed by atoms with van der Waals surface area (Å²) in [4.78, 5) is 24.4. The molecule has 2 atom stereocenters. The number of fused-ring (bicyclic) bond motifs is 3. The van der Waals surface area contributed by atoms with Gasteiger partial charge in [-0.15, -0.1) is 21.5 Å². The number of anilines is 1. The van der Waals surface area contributed by atoms with E-state index in [-0.39, 0.29) is 23.7 Å². The summed E-state index contributed by atoms with van der Waals surface area (Å²) in [5.41, 5.74) is 13.7. The molecule has 0 saturated carbocycles. The minimum absolute atomic E-state index is 0.0828. The molecule has 266 valence electrons. The number of nitrogens with two attached hydrogens (primary N) is 1. The van der Waals surface area contributed by atoms with Crippen molar-refractivity contribution >= 4 is 44.7 Å². The number of primary amides is 1. The molecule has 0 aliphatic heterocycles. The van der Waals surface area contributed by atoms with Gasteiger partial charge in [-0.1, -0.05) is 37.6 Å². The number of nitrogens with one attached hydrogen (secondary N) is 1. The molecule has 0 saturated heterocycles. The number of aryl methyl sites for hydroxylation is 2. The summed E-state index contributed by atoms with van der Waals surface area (Å²) < 4.78 is 27.0. The van der Waals surface area contributed by atoms with Crippen LogP contribution >= 0.6 is 22.9 Å². The highest BCUT2D eigenvalue weighted by atomic mass is 35.5. The lowest BCUT2D eigenvalue weighted by Crippen LogP contribution is -2.20. The molecule has 0 fully saturated rings. The summed E-state index contributed by atoms with van der Waals surface area (Å²) in [7, 11) is 1.50. The number of hydrogen-bond acceptors (Lipinski definition) is 9. The predicted octanol–water partition coefficient (Wildman–Crippen LogP) is 9.19. The first-order chi connectivity index (χ1) is 25.1. The summed E-state index contributed by atoms with van der Waals surface area (Å²) in [5.74, 6) is 1.15. The minimum Gasteiger partial charge on any atom is -0.493 e. The molecule has 1 amide bonds. The fourth-order valence-electron chi connectivity index (χ4n) is 8.00. The number of carbonyl (C=O) groups is 1. The molecule has 2 aliphatic rings. The fourth-order valence-corrected chi connectivity index (χ4v) is 9.36. The topological polar surface area (TPSA) is 129 Å². The zero-order valence-electron chi connectivity index (χ0n) is 29.3. The predicted molar refractivity (Wildman–Crippen MR) is 202 cm³/mol. The molecule has 3 N–H and O–H groups in total. The van der Waals surface area contributed by atoms with Crippen LogP contribution in [0.15, 0.2) is 53.1 Å². The smallest absolute Gasteiger partial charge is 0.251 e. The van der Waals surface area contributed by atoms with Crippen molar-refractivity contribution in [3.8, 4) is 27.6 Å². The number of halogens is 2. The van der Waals surface area contributed by atoms with Gasteiger partial charge in [0.15, 0.2) is 11.6 Å². The Hall–Kier alpha value is -4.87. The van der Waals surface area contributed by atoms with Gasteiger partial charge in [0.2, 0.25) is 11.8 Å². The van der Waals surface area contributed by atoms with Gasteiger partial charge in [-0.2, -0.15) is 0 Å². The van der Waals surface area contributed by atoms with Crippen LogP contribution in [0.1, 0.15) is 88.5 Å². The molecule has 8 rings (SSSR count). The first-order valence-corrected chi connectivity index (χ1v) is 18.7. The van der Waals surface area contributed by atoms with E-state index in [1.54, 1.807) is 13.1 Å². The van der Waals surface area contributed by atoms with Gasteiger partial charge in [0, 0.05) is 34.1 Å². The fraction of sp³-hybridized carbons (Fsp3) is 0.325. The highest BCUT2D eigenvalue weighted by Gasteiger charge is 2.33. The van der Waals surface area contributed by atoms with E-state index in [2.05, 4.69) is 41.5 Å². The number of thiophene rings is 1. The van der Waals surface area contributed by atoms with E-state index in [1.807, 2.05) is 24.3 Å². The summed E-state index contributed by atoms with van der Waals surface area (Å²) in [5, 5.41) is 14.0. The van der Waals surface area contributed by atoms with E-state index in [0.717, 1.165) is 56.1 Å². The van der Waals surface area contributed by atoms with Crippen molar-refractivity contribution < 1.29 is 18.3 Å². The molecular weight excluding hydrogens is 699 g/mol. The third-order valence-electron chi connectivity index (χ3n) is 10.2. The van der Waals surface area contributed by atoms with Crippen LogP contribution in [0.4, 0.5) is 10.2 Å². The second kappa shape index (κ2) is 13.6. The Morgan fingerprint density at radius 2 is 1.92 bits per heavy atom. The third kappa shape index (κ3) is 6.09. The van der Waals surface area contributed by atoms with E-state index < -0.39 is 5.91 Å². The Labute approximate surface area is 309 Å². The van der Waals surface area contributed by atoms with Crippen LogP contribution in [0.25, 0.3) is 32.0 Å². The Kier molecular flexibility index (Phi) is 8.95. The van der Waals surface area contributed by atoms with Crippen LogP contribution in [0.2, 0.25) is 5.02 Å². The monoisotopic (exact) mass is 736 g/mol. The molecule has 4 aromatic heterocycles. The van der Waals surface area contributed by atoms with Crippen molar-refractivity contribution in [2.24, 2.45) is 11.7 Å². The maximum atomic E-state index is 14.5. The molecule has 0 unspecified atom stereocenters. The summed E-state index contributed by atoms with van der Waals surface area (Å²) in [6.45, 7) is 5.95. The number of benzene rings is 2. The van der Waals surface area contributed by atoms with Crippen molar-refractivity contribution in [2.45, 2.75) is 71.3 Å². The van der Waals surface area contributed by atoms with Crippen LogP contribution in [-0.2, 0) is 25.7 Å². The molecule has 52 heavy (non-hydrogen) atoms. The summed E-state index contributed by atoms with van der Waals surface area (Å²) in [6, 6.07) is 13.3. The van der Waals surface area contributed by atoms with E-state index in [9.17, 15) is 9.18 Å². The van der Waals surface area contributed by atoms with Crippen molar-refractivity contribution in [2.75, 3.05) is 12.4 Å². The Morgan fingerprint density at radius 3 is 2.67 bits per heavy atom. The standard InChI is InChI=1S/C40H38ClFN6O3S/c1-19(2)15-30-33(38(43)49)35(34(40-48-47-20(3)51-40)31(45-30)17-22-6-5-21-16-24(41)7-8-25(21)22)32-18-23-13-14-44-39(37(23)52-32)46-29-12-10-27-26(29)9-11-28(42)36(27)50-4/h7-9,11,13-14,16,18-19,22,29H,5-6,10,12,15,17H2,1-4H3,(H2,43,49)(H,44,46)/t22-,29+/m1/s1. The number of ether oxygens (including phenoxy) is 1. The van der Waals surface area contributed by atoms with E-state index in [0.29, 0.717) is 65.0 Å². The zero-order valence-corrected chi connectivity index (χ0v) is 30.9. The normalized spacial score (nSPS) is 16.4. The average molecular weight is 737 g/mol. The van der Waals surface area contributed by atoms with Crippen molar-refractivity contribution in [3.63, 3.8) is 0 Å². The van der Waals surface area contributed by atoms with Crippen LogP contribution in [-0.4, -0.2) is 33.2 Å². The molecule has 0 spiro atoms. The molecule has 0 bridgehead atoms. The Bertz CT molecular complexity index is 2370. The van der Waals surface area contributed by atoms with E-state index >= 15 is 0 Å². The summed E-state index contributed by atoms with van der Waals surface area (Å²) >= 11 is 7.88. The molecule has 2 aliphatic carbocycles. The number of nitrogens with zero attached hydrogens (tertiary/aromatic N) is 4. The van der Waals surface area contributed by atoms with Crippen LogP contribution < -0.4 is 15.8 Å². The highest BCUT2D eigenvalue weighted by molar-refractivity contribution is 7.23. The zero-order chi connectivity index (χ0) is 36.3. The molecule has 0 radical (unpaired) electrons. The Morgan fingerprint density at radius 1 is 1.10 bits per heavy atom. The van der Waals surface area contributed by atoms with Gasteiger partial charge in [0.05, 0.1) is 40.4 Å². The average Bonchev–Trinajstić information content (AvgIpc) is 3.91. The van der Waals surface area contributed by atoms with E-state index in [4.69, 9.17) is 36.5 Å². The van der Waals surface area contributed by atoms with Gasteiger partial charge in [-0.05, 0) is 103 Å². The molecule has 4 heterocycles. The van der Waals surface area contributed by atoms with Crippen LogP contribution in [0.3, 0.4) is 0 Å². The van der Waals surface area contributed by atoms with Gasteiger partial charge in [-0.25, -0.2) is 9.37 Å². The number of methoxy groups -OCH3 is 1. The number of aromatic nitrogens is 4.